The number of hydrogen-bond donors (Lipinski definition) is 1. The van der Waals surface area contributed by atoms with Gasteiger partial charge in [0.25, 0.3) is 5.91 Å². The fourth-order valence-corrected chi connectivity index (χ4v) is 5.59. The largest absolute Gasteiger partial charge is 0.500 e. The van der Waals surface area contributed by atoms with E-state index in [1.165, 1.54) is 28.3 Å². The molecule has 0 saturated carbocycles. The molecule has 0 spiro atoms. The summed E-state index contributed by atoms with van der Waals surface area (Å²) in [5.41, 5.74) is -1.02. The number of hydrogen-bond acceptors (Lipinski definition) is 10. The van der Waals surface area contributed by atoms with Crippen LogP contribution in [-0.2, 0) is 41.9 Å². The van der Waals surface area contributed by atoms with Crippen LogP contribution in [0, 0.1) is 5.92 Å². The standard InChI is InChI=1S/C23H36N2O10Si/c1-16(2)21(28)34-15-23-10-9-18(35-23)20(27)25(19(26)17(23)3)12-8-13-33-22(29)24-11-7-14-36(30-4,31-5)32-6/h9-10,17-18H,1,7-8,11-15H2,2-6H3,(H,24,29). The molecule has 3 atom stereocenters. The van der Waals surface area contributed by atoms with Crippen LogP contribution in [0.15, 0.2) is 24.3 Å². The minimum Gasteiger partial charge on any atom is -0.459 e. The smallest absolute Gasteiger partial charge is 0.459 e. The van der Waals surface area contributed by atoms with Gasteiger partial charge < -0.3 is 32.8 Å². The average molecular weight is 529 g/mol. The fraction of sp³-hybridized carbons (Fsp3) is 0.652. The van der Waals surface area contributed by atoms with Crippen LogP contribution < -0.4 is 5.32 Å². The molecule has 0 aliphatic carbocycles. The minimum absolute atomic E-state index is 0.00685. The highest BCUT2D eigenvalue weighted by Crippen LogP contribution is 2.36. The van der Waals surface area contributed by atoms with Crippen molar-refractivity contribution in [1.29, 1.82) is 0 Å². The lowest BCUT2D eigenvalue weighted by molar-refractivity contribution is -0.155. The van der Waals surface area contributed by atoms with Gasteiger partial charge in [-0.2, -0.15) is 0 Å². The number of fused-ring (bicyclic) bond motifs is 2. The van der Waals surface area contributed by atoms with Gasteiger partial charge in [0, 0.05) is 46.0 Å². The molecule has 12 nitrogen and oxygen atoms in total. The van der Waals surface area contributed by atoms with Crippen LogP contribution in [0.25, 0.3) is 0 Å². The van der Waals surface area contributed by atoms with Gasteiger partial charge in [-0.3, -0.25) is 14.5 Å². The highest BCUT2D eigenvalue weighted by Gasteiger charge is 2.52. The maximum Gasteiger partial charge on any atom is 0.500 e. The van der Waals surface area contributed by atoms with E-state index in [0.717, 1.165) is 4.90 Å². The number of rotatable bonds is 14. The molecule has 0 radical (unpaired) electrons. The molecule has 13 heteroatoms. The van der Waals surface area contributed by atoms with Gasteiger partial charge in [0.05, 0.1) is 12.5 Å². The summed E-state index contributed by atoms with van der Waals surface area (Å²) < 4.78 is 32.2. The van der Waals surface area contributed by atoms with Crippen LogP contribution in [0.2, 0.25) is 6.04 Å². The summed E-state index contributed by atoms with van der Waals surface area (Å²) in [6.45, 7) is 6.85. The normalized spacial score (nSPS) is 23.4. The molecular weight excluding hydrogens is 492 g/mol. The number of carbonyl (C=O) groups is 4. The quantitative estimate of drug-likeness (QED) is 0.0873. The maximum absolute atomic E-state index is 13.1. The van der Waals surface area contributed by atoms with E-state index >= 15 is 0 Å². The molecule has 202 valence electrons. The Balaban J connectivity index is 1.81. The molecule has 2 aliphatic rings. The minimum atomic E-state index is -2.70. The second kappa shape index (κ2) is 13.1. The Bertz CT molecular complexity index is 867. The molecule has 1 fully saturated rings. The zero-order valence-electron chi connectivity index (χ0n) is 21.5. The summed E-state index contributed by atoms with van der Waals surface area (Å²) in [5.74, 6) is -2.36. The van der Waals surface area contributed by atoms with Gasteiger partial charge >= 0.3 is 20.9 Å². The lowest BCUT2D eigenvalue weighted by Crippen LogP contribution is -2.48. The van der Waals surface area contributed by atoms with Gasteiger partial charge in [-0.15, -0.1) is 0 Å². The molecule has 2 bridgehead atoms. The van der Waals surface area contributed by atoms with Crippen LogP contribution in [0.3, 0.4) is 0 Å². The lowest BCUT2D eigenvalue weighted by atomic mass is 9.88. The van der Waals surface area contributed by atoms with E-state index in [0.29, 0.717) is 19.0 Å². The molecule has 2 heterocycles. The number of carbonyl (C=O) groups excluding carboxylic acids is 4. The van der Waals surface area contributed by atoms with Crippen molar-refractivity contribution in [3.63, 3.8) is 0 Å². The SMILES string of the molecule is C=C(C)C(=O)OCC12C=CC(O1)C(=O)N(CCCOC(=O)NCCC[Si](OC)(OC)OC)C(=O)C2C. The van der Waals surface area contributed by atoms with Gasteiger partial charge in [0.15, 0.2) is 6.10 Å². The van der Waals surface area contributed by atoms with E-state index in [9.17, 15) is 19.2 Å². The maximum atomic E-state index is 13.1. The molecule has 3 amide bonds. The van der Waals surface area contributed by atoms with Crippen molar-refractivity contribution in [2.75, 3.05) is 47.6 Å². The van der Waals surface area contributed by atoms with Gasteiger partial charge in [0.1, 0.15) is 12.2 Å². The van der Waals surface area contributed by atoms with Gasteiger partial charge in [-0.05, 0) is 31.9 Å². The third-order valence-corrected chi connectivity index (χ3v) is 9.01. The zero-order valence-corrected chi connectivity index (χ0v) is 22.5. The number of nitrogens with zero attached hydrogens (tertiary/aromatic N) is 1. The third kappa shape index (κ3) is 7.00. The van der Waals surface area contributed by atoms with E-state index in [1.807, 2.05) is 0 Å². The summed E-state index contributed by atoms with van der Waals surface area (Å²) in [5, 5.41) is 2.63. The molecule has 3 unspecified atom stereocenters. The lowest BCUT2D eigenvalue weighted by Gasteiger charge is -2.31. The Morgan fingerprint density at radius 1 is 1.14 bits per heavy atom. The molecule has 1 saturated heterocycles. The number of nitrogens with one attached hydrogen (secondary N) is 1. The monoisotopic (exact) mass is 528 g/mol. The van der Waals surface area contributed by atoms with E-state index in [-0.39, 0.29) is 31.8 Å². The number of ether oxygens (including phenoxy) is 3. The topological polar surface area (TPSA) is 139 Å². The number of amides is 3. The van der Waals surface area contributed by atoms with Crippen LogP contribution in [-0.4, -0.2) is 96.9 Å². The molecule has 0 aromatic carbocycles. The average Bonchev–Trinajstić information content (AvgIpc) is 3.29. The summed E-state index contributed by atoms with van der Waals surface area (Å²) in [4.78, 5) is 50.8. The molecule has 0 aromatic rings. The van der Waals surface area contributed by atoms with Crippen LogP contribution in [0.5, 0.6) is 0 Å². The Hall–Kier alpha value is -2.58. The molecule has 36 heavy (non-hydrogen) atoms. The van der Waals surface area contributed by atoms with E-state index in [2.05, 4.69) is 11.9 Å². The Morgan fingerprint density at radius 2 is 1.81 bits per heavy atom. The van der Waals surface area contributed by atoms with Crippen LogP contribution >= 0.6 is 0 Å². The van der Waals surface area contributed by atoms with Crippen LogP contribution in [0.1, 0.15) is 26.7 Å². The first-order valence-electron chi connectivity index (χ1n) is 11.7. The van der Waals surface area contributed by atoms with E-state index in [4.69, 9.17) is 27.5 Å². The Kier molecular flexibility index (Phi) is 10.8. The van der Waals surface area contributed by atoms with Crippen molar-refractivity contribution < 1.29 is 46.7 Å². The Morgan fingerprint density at radius 3 is 2.42 bits per heavy atom. The summed E-state index contributed by atoms with van der Waals surface area (Å²) >= 11 is 0. The summed E-state index contributed by atoms with van der Waals surface area (Å²) in [7, 11) is 1.87. The molecule has 1 N–H and O–H groups in total. The van der Waals surface area contributed by atoms with Crippen molar-refractivity contribution in [3.8, 4) is 0 Å². The van der Waals surface area contributed by atoms with E-state index < -0.39 is 50.3 Å². The predicted molar refractivity (Wildman–Crippen MR) is 129 cm³/mol. The first-order chi connectivity index (χ1) is 17.0. The van der Waals surface area contributed by atoms with E-state index in [1.54, 1.807) is 19.1 Å². The molecule has 2 aliphatic heterocycles. The van der Waals surface area contributed by atoms with Crippen molar-refractivity contribution in [2.45, 2.75) is 44.4 Å². The fourth-order valence-electron chi connectivity index (χ4n) is 3.87. The van der Waals surface area contributed by atoms with Crippen molar-refractivity contribution in [1.82, 2.24) is 10.2 Å². The number of alkyl carbamates (subject to hydrolysis) is 1. The molecular formula is C23H36N2O10Si. The van der Waals surface area contributed by atoms with Crippen LogP contribution in [0.4, 0.5) is 4.79 Å². The number of imide groups is 1. The summed E-state index contributed by atoms with van der Waals surface area (Å²) in [6.07, 6.45) is 2.41. The highest BCUT2D eigenvalue weighted by atomic mass is 28.4. The number of esters is 1. The van der Waals surface area contributed by atoms with Gasteiger partial charge in [-0.25, -0.2) is 9.59 Å². The van der Waals surface area contributed by atoms with Crippen molar-refractivity contribution in [2.24, 2.45) is 5.92 Å². The summed E-state index contributed by atoms with van der Waals surface area (Å²) in [6, 6.07) is 0.527. The van der Waals surface area contributed by atoms with Crippen molar-refractivity contribution >= 4 is 32.7 Å². The molecule has 0 aromatic heterocycles. The van der Waals surface area contributed by atoms with Gasteiger partial charge in [0.2, 0.25) is 5.91 Å². The first kappa shape index (κ1) is 29.6. The first-order valence-corrected chi connectivity index (χ1v) is 13.6. The van der Waals surface area contributed by atoms with Gasteiger partial charge in [-0.1, -0.05) is 13.5 Å². The second-order valence-corrected chi connectivity index (χ2v) is 11.7. The van der Waals surface area contributed by atoms with Crippen molar-refractivity contribution in [3.05, 3.63) is 24.3 Å². The second-order valence-electron chi connectivity index (χ2n) is 8.57. The highest BCUT2D eigenvalue weighted by molar-refractivity contribution is 6.60. The predicted octanol–water partition coefficient (Wildman–Crippen LogP) is 1.19. The molecule has 2 rings (SSSR count). The zero-order chi connectivity index (χ0) is 26.9. The Labute approximate surface area is 212 Å². The third-order valence-electron chi connectivity index (χ3n) is 6.18.